The number of nitrogens with one attached hydrogen (secondary N) is 2. The molecule has 8 heteroatoms. The molecule has 0 saturated carbocycles. The van der Waals surface area contributed by atoms with Gasteiger partial charge in [-0.3, -0.25) is 0 Å². The van der Waals surface area contributed by atoms with Gasteiger partial charge in [0.1, 0.15) is 10.8 Å². The zero-order chi connectivity index (χ0) is 15.4. The van der Waals surface area contributed by atoms with E-state index < -0.39 is 23.4 Å². The predicted molar refractivity (Wildman–Crippen MR) is 76.0 cm³/mol. The van der Waals surface area contributed by atoms with Gasteiger partial charge in [0.05, 0.1) is 11.6 Å². The third-order valence-electron chi connectivity index (χ3n) is 2.63. The van der Waals surface area contributed by atoms with Crippen LogP contribution in [0.15, 0.2) is 29.8 Å². The number of hydrogen-bond acceptors (Lipinski definition) is 4. The lowest BCUT2D eigenvalue weighted by molar-refractivity contribution is 0.0692. The number of hydrogen-bond donors (Lipinski definition) is 3. The molecule has 1 unspecified atom stereocenters. The van der Waals surface area contributed by atoms with Gasteiger partial charge in [0.2, 0.25) is 0 Å². The van der Waals surface area contributed by atoms with Crippen molar-refractivity contribution < 1.29 is 19.1 Å². The summed E-state index contributed by atoms with van der Waals surface area (Å²) >= 11 is 1.41. The molecule has 0 aliphatic carbocycles. The molecule has 0 spiro atoms. The number of carboxylic acid groups (broad SMARTS) is 1. The number of aromatic carboxylic acids is 1. The topological polar surface area (TPSA) is 91.3 Å². The van der Waals surface area contributed by atoms with Crippen LogP contribution in [-0.2, 0) is 0 Å². The molecule has 0 fully saturated rings. The van der Waals surface area contributed by atoms with Crippen molar-refractivity contribution >= 4 is 29.0 Å². The Morgan fingerprint density at radius 3 is 2.76 bits per heavy atom. The number of carboxylic acids is 1. The summed E-state index contributed by atoms with van der Waals surface area (Å²) in [6.07, 6.45) is 1.64. The second-order valence-corrected chi connectivity index (χ2v) is 5.12. The fourth-order valence-corrected chi connectivity index (χ4v) is 2.29. The highest BCUT2D eigenvalue weighted by molar-refractivity contribution is 7.09. The van der Waals surface area contributed by atoms with Crippen LogP contribution in [0.5, 0.6) is 0 Å². The van der Waals surface area contributed by atoms with E-state index in [1.54, 1.807) is 18.5 Å². The Balaban J connectivity index is 2.00. The second kappa shape index (κ2) is 6.31. The van der Waals surface area contributed by atoms with Crippen LogP contribution in [0.2, 0.25) is 0 Å². The SMILES string of the molecule is CC(NC(=O)Nc1ccc(C(=O)O)c(F)c1)c1nccs1. The maximum absolute atomic E-state index is 13.5. The van der Waals surface area contributed by atoms with E-state index in [1.807, 2.05) is 0 Å². The molecular formula is C13H12FN3O3S. The van der Waals surface area contributed by atoms with Crippen LogP contribution >= 0.6 is 11.3 Å². The van der Waals surface area contributed by atoms with Crippen molar-refractivity contribution in [3.8, 4) is 0 Å². The van der Waals surface area contributed by atoms with Crippen LogP contribution in [0.3, 0.4) is 0 Å². The van der Waals surface area contributed by atoms with Gasteiger partial charge in [0.25, 0.3) is 0 Å². The summed E-state index contributed by atoms with van der Waals surface area (Å²) in [5.74, 6) is -2.27. The number of halogens is 1. The molecule has 0 bridgehead atoms. The fraction of sp³-hybridized carbons (Fsp3) is 0.154. The Labute approximate surface area is 123 Å². The van der Waals surface area contributed by atoms with Crippen molar-refractivity contribution in [1.82, 2.24) is 10.3 Å². The zero-order valence-electron chi connectivity index (χ0n) is 11.0. The Hall–Kier alpha value is -2.48. The fourth-order valence-electron chi connectivity index (χ4n) is 1.64. The number of benzene rings is 1. The molecule has 1 heterocycles. The smallest absolute Gasteiger partial charge is 0.338 e. The van der Waals surface area contributed by atoms with Crippen LogP contribution in [-0.4, -0.2) is 22.1 Å². The van der Waals surface area contributed by atoms with Gasteiger partial charge < -0.3 is 15.7 Å². The molecule has 0 aliphatic heterocycles. The third kappa shape index (κ3) is 3.76. The van der Waals surface area contributed by atoms with Gasteiger partial charge in [-0.2, -0.15) is 0 Å². The Bertz CT molecular complexity index is 661. The number of amides is 2. The van der Waals surface area contributed by atoms with Crippen LogP contribution in [0, 0.1) is 5.82 Å². The minimum absolute atomic E-state index is 0.168. The van der Waals surface area contributed by atoms with Crippen molar-refractivity contribution in [2.45, 2.75) is 13.0 Å². The van der Waals surface area contributed by atoms with Gasteiger partial charge in [0, 0.05) is 17.3 Å². The lowest BCUT2D eigenvalue weighted by atomic mass is 10.2. The van der Waals surface area contributed by atoms with Gasteiger partial charge in [-0.1, -0.05) is 0 Å². The molecule has 2 rings (SSSR count). The van der Waals surface area contributed by atoms with Crippen LogP contribution in [0.25, 0.3) is 0 Å². The summed E-state index contributed by atoms with van der Waals surface area (Å²) in [6, 6.07) is 2.56. The van der Waals surface area contributed by atoms with E-state index in [2.05, 4.69) is 15.6 Å². The number of anilines is 1. The summed E-state index contributed by atoms with van der Waals surface area (Å²) in [6.45, 7) is 1.77. The Kier molecular flexibility index (Phi) is 4.49. The highest BCUT2D eigenvalue weighted by atomic mass is 32.1. The molecular weight excluding hydrogens is 297 g/mol. The normalized spacial score (nSPS) is 11.7. The van der Waals surface area contributed by atoms with Gasteiger partial charge in [-0.15, -0.1) is 11.3 Å². The third-order valence-corrected chi connectivity index (χ3v) is 3.59. The van der Waals surface area contributed by atoms with Crippen LogP contribution in [0.1, 0.15) is 28.3 Å². The number of nitrogens with zero attached hydrogens (tertiary/aromatic N) is 1. The lowest BCUT2D eigenvalue weighted by Gasteiger charge is -2.12. The van der Waals surface area contributed by atoms with Gasteiger partial charge in [-0.25, -0.2) is 19.0 Å². The second-order valence-electron chi connectivity index (χ2n) is 4.19. The Morgan fingerprint density at radius 2 is 2.19 bits per heavy atom. The number of aromatic nitrogens is 1. The summed E-state index contributed by atoms with van der Waals surface area (Å²) in [4.78, 5) is 26.5. The maximum Gasteiger partial charge on any atom is 0.338 e. The number of urea groups is 1. The van der Waals surface area contributed by atoms with E-state index in [-0.39, 0.29) is 11.7 Å². The molecule has 1 aromatic heterocycles. The molecule has 110 valence electrons. The van der Waals surface area contributed by atoms with Gasteiger partial charge in [0.15, 0.2) is 0 Å². The first-order chi connectivity index (χ1) is 9.97. The van der Waals surface area contributed by atoms with Crippen molar-refractivity contribution in [1.29, 1.82) is 0 Å². The minimum Gasteiger partial charge on any atom is -0.478 e. The van der Waals surface area contributed by atoms with E-state index in [0.717, 1.165) is 17.1 Å². The van der Waals surface area contributed by atoms with Crippen molar-refractivity contribution in [3.63, 3.8) is 0 Å². The monoisotopic (exact) mass is 309 g/mol. The zero-order valence-corrected chi connectivity index (χ0v) is 11.8. The van der Waals surface area contributed by atoms with Crippen LogP contribution in [0.4, 0.5) is 14.9 Å². The summed E-state index contributed by atoms with van der Waals surface area (Å²) < 4.78 is 13.5. The van der Waals surface area contributed by atoms with Crippen LogP contribution < -0.4 is 10.6 Å². The summed E-state index contributed by atoms with van der Waals surface area (Å²) in [7, 11) is 0. The molecule has 0 saturated heterocycles. The van der Waals surface area contributed by atoms with E-state index in [0.29, 0.717) is 0 Å². The molecule has 1 atom stereocenters. The number of thiazole rings is 1. The first-order valence-electron chi connectivity index (χ1n) is 5.97. The highest BCUT2D eigenvalue weighted by Crippen LogP contribution is 2.17. The van der Waals surface area contributed by atoms with E-state index in [1.165, 1.54) is 17.4 Å². The summed E-state index contributed by atoms with van der Waals surface area (Å²) in [5, 5.41) is 16.3. The predicted octanol–water partition coefficient (Wildman–Crippen LogP) is 2.86. The highest BCUT2D eigenvalue weighted by Gasteiger charge is 2.14. The molecule has 3 N–H and O–H groups in total. The standard InChI is InChI=1S/C13H12FN3O3S/c1-7(11-15-4-5-21-11)16-13(20)17-8-2-3-9(12(18)19)10(14)6-8/h2-7H,1H3,(H,18,19)(H2,16,17,20). The van der Waals surface area contributed by atoms with Gasteiger partial charge >= 0.3 is 12.0 Å². The first-order valence-corrected chi connectivity index (χ1v) is 6.85. The quantitative estimate of drug-likeness (QED) is 0.810. The maximum atomic E-state index is 13.5. The number of rotatable bonds is 4. The largest absolute Gasteiger partial charge is 0.478 e. The van der Waals surface area contributed by atoms with E-state index in [9.17, 15) is 14.0 Å². The summed E-state index contributed by atoms with van der Waals surface area (Å²) in [5.41, 5.74) is -0.279. The molecule has 2 aromatic rings. The molecule has 21 heavy (non-hydrogen) atoms. The molecule has 2 amide bonds. The van der Waals surface area contributed by atoms with E-state index >= 15 is 0 Å². The molecule has 0 aliphatic rings. The van der Waals surface area contributed by atoms with Crippen molar-refractivity contribution in [2.24, 2.45) is 0 Å². The Morgan fingerprint density at radius 1 is 1.43 bits per heavy atom. The van der Waals surface area contributed by atoms with Crippen molar-refractivity contribution in [2.75, 3.05) is 5.32 Å². The average molecular weight is 309 g/mol. The van der Waals surface area contributed by atoms with Crippen molar-refractivity contribution in [3.05, 3.63) is 46.2 Å². The number of carbonyl (C=O) groups is 2. The van der Waals surface area contributed by atoms with E-state index in [4.69, 9.17) is 5.11 Å². The first kappa shape index (κ1) is 14.9. The minimum atomic E-state index is -1.36. The average Bonchev–Trinajstić information content (AvgIpc) is 2.91. The number of carbonyl (C=O) groups excluding carboxylic acids is 1. The molecule has 6 nitrogen and oxygen atoms in total. The molecule has 0 radical (unpaired) electrons. The molecule has 1 aromatic carbocycles. The lowest BCUT2D eigenvalue weighted by Crippen LogP contribution is -2.31. The van der Waals surface area contributed by atoms with Gasteiger partial charge in [-0.05, 0) is 25.1 Å².